The van der Waals surface area contributed by atoms with Crippen molar-refractivity contribution in [1.82, 2.24) is 26.2 Å². The Bertz CT molecular complexity index is 2050. The Hall–Kier alpha value is -6.81. The van der Waals surface area contributed by atoms with Crippen LogP contribution in [0.4, 0.5) is 0 Å². The summed E-state index contributed by atoms with van der Waals surface area (Å²) in [6.07, 6.45) is 3.20. The second-order valence-electron chi connectivity index (χ2n) is 13.6. The van der Waals surface area contributed by atoms with Crippen LogP contribution in [-0.2, 0) is 30.4 Å². The van der Waals surface area contributed by atoms with E-state index in [0.29, 0.717) is 46.6 Å². The minimum atomic E-state index is -1.26. The van der Waals surface area contributed by atoms with E-state index in [1.165, 1.54) is 24.1 Å². The number of ether oxygens (including phenoxy) is 2. The van der Waals surface area contributed by atoms with Gasteiger partial charge in [0.25, 0.3) is 5.91 Å². The molecule has 328 valence electrons. The third-order valence-corrected chi connectivity index (χ3v) is 8.64. The first-order chi connectivity index (χ1) is 29.1. The number of carbonyl (C=O) groups is 6. The van der Waals surface area contributed by atoms with Crippen molar-refractivity contribution in [2.75, 3.05) is 53.0 Å². The number of hydrogen-bond acceptors (Lipinski definition) is 12. The zero-order valence-electron chi connectivity index (χ0n) is 35.2. The highest BCUT2D eigenvalue weighted by atomic mass is 16.5. The Balaban J connectivity index is 0.00000129. The Morgan fingerprint density at radius 1 is 0.951 bits per heavy atom. The first-order valence-electron chi connectivity index (χ1n) is 19.5. The molecule has 3 aromatic carbocycles. The van der Waals surface area contributed by atoms with Crippen molar-refractivity contribution in [1.29, 1.82) is 5.26 Å². The Morgan fingerprint density at radius 3 is 2.15 bits per heavy atom. The first kappa shape index (κ1) is 50.3. The molecular weight excluding hydrogens is 787 g/mol. The molecule has 4 rings (SSSR count). The van der Waals surface area contributed by atoms with Gasteiger partial charge in [0.05, 0.1) is 12.6 Å². The van der Waals surface area contributed by atoms with Crippen LogP contribution in [0.5, 0.6) is 11.5 Å². The summed E-state index contributed by atoms with van der Waals surface area (Å²) in [4.78, 5) is 75.8. The molecule has 1 heterocycles. The van der Waals surface area contributed by atoms with Crippen molar-refractivity contribution in [2.24, 2.45) is 17.2 Å². The van der Waals surface area contributed by atoms with E-state index >= 15 is 0 Å². The molecule has 1 aliphatic heterocycles. The number of nitrogens with zero attached hydrogens (tertiary/aromatic N) is 2. The minimum Gasteiger partial charge on any atom is -0.492 e. The molecule has 3 atom stereocenters. The predicted molar refractivity (Wildman–Crippen MR) is 230 cm³/mol. The van der Waals surface area contributed by atoms with E-state index in [-0.39, 0.29) is 44.5 Å². The van der Waals surface area contributed by atoms with Gasteiger partial charge in [0.2, 0.25) is 24.1 Å². The van der Waals surface area contributed by atoms with Crippen LogP contribution >= 0.6 is 0 Å². The van der Waals surface area contributed by atoms with E-state index in [0.717, 1.165) is 23.7 Å². The number of benzene rings is 3. The number of aryl methyl sites for hydroxylation is 1. The van der Waals surface area contributed by atoms with Crippen LogP contribution in [0.1, 0.15) is 59.4 Å². The van der Waals surface area contributed by atoms with Gasteiger partial charge in [-0.3, -0.25) is 24.0 Å². The summed E-state index contributed by atoms with van der Waals surface area (Å²) in [7, 11) is 1.43. The number of hydrogen-bond donors (Lipinski definition) is 8. The van der Waals surface area contributed by atoms with Crippen LogP contribution in [-0.4, -0.2) is 111 Å². The number of rotatable bonds is 14. The van der Waals surface area contributed by atoms with Crippen molar-refractivity contribution < 1.29 is 43.3 Å². The lowest BCUT2D eigenvalue weighted by molar-refractivity contribution is -0.139. The Morgan fingerprint density at radius 2 is 1.57 bits per heavy atom. The molecule has 4 bridgehead atoms. The van der Waals surface area contributed by atoms with E-state index in [1.54, 1.807) is 50.2 Å². The van der Waals surface area contributed by atoms with Crippen molar-refractivity contribution in [3.63, 3.8) is 0 Å². The number of nitriles is 1. The van der Waals surface area contributed by atoms with Crippen molar-refractivity contribution in [2.45, 2.75) is 52.2 Å². The van der Waals surface area contributed by atoms with Gasteiger partial charge < -0.3 is 57.9 Å². The quantitative estimate of drug-likeness (QED) is 0.0490. The Kier molecular flexibility index (Phi) is 21.7. The molecule has 0 radical (unpaired) electrons. The van der Waals surface area contributed by atoms with Crippen molar-refractivity contribution >= 4 is 42.1 Å². The molecule has 0 fully saturated rings. The van der Waals surface area contributed by atoms with E-state index in [2.05, 4.69) is 21.3 Å². The summed E-state index contributed by atoms with van der Waals surface area (Å²) in [5.74, 6) is -2.46. The number of fused-ring (bicyclic) bond motifs is 5. The average Bonchev–Trinajstić information content (AvgIpc) is 3.23. The van der Waals surface area contributed by atoms with Gasteiger partial charge in [-0.15, -0.1) is 0 Å². The molecular formula is C43H57N9O9. The van der Waals surface area contributed by atoms with Gasteiger partial charge in [-0.1, -0.05) is 36.8 Å². The second kappa shape index (κ2) is 26.3. The average molecular weight is 844 g/mol. The van der Waals surface area contributed by atoms with Crippen molar-refractivity contribution in [3.8, 4) is 28.7 Å². The van der Waals surface area contributed by atoms with E-state index in [1.807, 2.05) is 32.0 Å². The molecule has 3 aromatic rings. The van der Waals surface area contributed by atoms with Crippen LogP contribution < -0.4 is 47.9 Å². The number of nitrogens with two attached hydrogens (primary N) is 3. The molecule has 11 N–H and O–H groups in total. The third kappa shape index (κ3) is 16.0. The lowest BCUT2D eigenvalue weighted by Crippen LogP contribution is -2.52. The molecule has 18 heteroatoms. The standard InChI is InChI=1S/C38H46N6O8.C3H4N2O.C2H7N/c1-22-5-9-28(26(17-22)8-12-34(46)47)37(49)41-21-33(45)44(4)35-27-7-11-32(52-16-14-40)30(20-27)29-19-25(6-10-31(29)51-15-13-39)18-23(2)42-36(48)24(3)43-38(35)50;4-1-2-5-3-6;1-2-3/h5-12,17,19-20,23-24,35H,13-16,18,21,39-40H2,1-4H3,(H,41,49)(H,42,48)(H,43,50)(H,46,47);3H,2H2,(H,5,6);2-3H2,1H3/b12-8+;;/t23?,24-,35?;;/m0../s1. The minimum absolute atomic E-state index is 0.101. The monoisotopic (exact) mass is 843 g/mol. The normalized spacial score (nSPS) is 15.7. The number of likely N-dealkylation sites (N-methyl/N-ethyl adjacent to an activating group) is 1. The maximum atomic E-state index is 14.1. The Labute approximate surface area is 355 Å². The number of nitrogens with one attached hydrogen (secondary N) is 4. The zero-order chi connectivity index (χ0) is 45.5. The number of amides is 5. The van der Waals surface area contributed by atoms with Gasteiger partial charge >= 0.3 is 5.97 Å². The topological polar surface area (TPSA) is 294 Å². The fourth-order valence-electron chi connectivity index (χ4n) is 5.91. The molecule has 18 nitrogen and oxygen atoms in total. The van der Waals surface area contributed by atoms with E-state index in [4.69, 9.17) is 37.0 Å². The molecule has 1 aliphatic rings. The SMILES string of the molecule is CCN.Cc1ccc(C(=O)NCC(=O)N(C)C2C(=O)N[C@@H](C)C(=O)NC(C)Cc3ccc(OCCN)c(c3)-c3cc2ccc3OCCN)c(/C=C/C(=O)O)c1.N#CCNC=O. The summed E-state index contributed by atoms with van der Waals surface area (Å²) in [6.45, 7) is 8.45. The zero-order valence-corrected chi connectivity index (χ0v) is 35.2. The van der Waals surface area contributed by atoms with Gasteiger partial charge in [0.1, 0.15) is 43.3 Å². The third-order valence-electron chi connectivity index (χ3n) is 8.64. The highest BCUT2D eigenvalue weighted by Gasteiger charge is 2.32. The number of carboxylic acid groups (broad SMARTS) is 1. The summed E-state index contributed by atoms with van der Waals surface area (Å²) in [5, 5.41) is 27.3. The summed E-state index contributed by atoms with van der Waals surface area (Å²) in [6, 6.07) is 14.8. The molecule has 0 aromatic heterocycles. The van der Waals surface area contributed by atoms with Gasteiger partial charge in [-0.25, -0.2) is 4.79 Å². The van der Waals surface area contributed by atoms with Gasteiger partial charge in [0, 0.05) is 48.9 Å². The molecule has 0 aliphatic carbocycles. The summed E-state index contributed by atoms with van der Waals surface area (Å²) < 4.78 is 12.1. The smallest absolute Gasteiger partial charge is 0.328 e. The molecule has 5 amide bonds. The van der Waals surface area contributed by atoms with Gasteiger partial charge in [0.15, 0.2) is 0 Å². The maximum Gasteiger partial charge on any atom is 0.328 e. The molecule has 61 heavy (non-hydrogen) atoms. The molecule has 0 saturated carbocycles. The first-order valence-corrected chi connectivity index (χ1v) is 19.5. The number of aliphatic carboxylic acids is 1. The number of carboxylic acids is 1. The maximum absolute atomic E-state index is 14.1. The fourth-order valence-corrected chi connectivity index (χ4v) is 5.91. The van der Waals surface area contributed by atoms with Crippen LogP contribution in [0.2, 0.25) is 0 Å². The van der Waals surface area contributed by atoms with Crippen LogP contribution in [0, 0.1) is 18.3 Å². The van der Waals surface area contributed by atoms with Crippen LogP contribution in [0.3, 0.4) is 0 Å². The summed E-state index contributed by atoms with van der Waals surface area (Å²) in [5.41, 5.74) is 20.2. The predicted octanol–water partition coefficient (Wildman–Crippen LogP) is 1.15. The lowest BCUT2D eigenvalue weighted by atomic mass is 9.94. The second-order valence-corrected chi connectivity index (χ2v) is 13.6. The van der Waals surface area contributed by atoms with Gasteiger partial charge in [-0.05, 0) is 86.8 Å². The highest BCUT2D eigenvalue weighted by Crippen LogP contribution is 2.40. The molecule has 0 saturated heterocycles. The largest absolute Gasteiger partial charge is 0.492 e. The summed E-state index contributed by atoms with van der Waals surface area (Å²) >= 11 is 0. The van der Waals surface area contributed by atoms with Gasteiger partial charge in [-0.2, -0.15) is 5.26 Å². The van der Waals surface area contributed by atoms with Crippen molar-refractivity contribution in [3.05, 3.63) is 88.5 Å². The van der Waals surface area contributed by atoms with E-state index in [9.17, 15) is 28.8 Å². The van der Waals surface area contributed by atoms with Crippen LogP contribution in [0.15, 0.2) is 60.7 Å². The fraction of sp³-hybridized carbons (Fsp3) is 0.372. The molecule has 2 unspecified atom stereocenters. The molecule has 0 spiro atoms. The van der Waals surface area contributed by atoms with E-state index < -0.39 is 48.2 Å². The number of carbonyl (C=O) groups excluding carboxylic acids is 5. The lowest BCUT2D eigenvalue weighted by Gasteiger charge is -2.30. The highest BCUT2D eigenvalue weighted by molar-refractivity contribution is 6.01. The van der Waals surface area contributed by atoms with Crippen LogP contribution in [0.25, 0.3) is 17.2 Å².